The Morgan fingerprint density at radius 2 is 1.82 bits per heavy atom. The summed E-state index contributed by atoms with van der Waals surface area (Å²) in [6.07, 6.45) is 3.41. The predicted molar refractivity (Wildman–Crippen MR) is 91.6 cm³/mol. The van der Waals surface area contributed by atoms with Gasteiger partial charge in [0.1, 0.15) is 6.04 Å². The van der Waals surface area contributed by atoms with Crippen LogP contribution in [-0.4, -0.2) is 43.0 Å². The summed E-state index contributed by atoms with van der Waals surface area (Å²) in [5.41, 5.74) is 4.68. The fraction of sp³-hybridized carbons (Fsp3) is 0.611. The number of nitrogens with one attached hydrogen (secondary N) is 1. The van der Waals surface area contributed by atoms with Crippen molar-refractivity contribution in [3.63, 3.8) is 0 Å². The molecule has 0 radical (unpaired) electrons. The first-order valence-electron chi connectivity index (χ1n) is 8.51. The van der Waals surface area contributed by atoms with Gasteiger partial charge >= 0.3 is 0 Å². The minimum atomic E-state index is -0.0896. The van der Waals surface area contributed by atoms with E-state index in [1.807, 2.05) is 4.90 Å². The Balaban J connectivity index is 1.85. The van der Waals surface area contributed by atoms with Crippen LogP contribution in [0, 0.1) is 13.8 Å². The van der Waals surface area contributed by atoms with Gasteiger partial charge in [-0.15, -0.1) is 0 Å². The van der Waals surface area contributed by atoms with Gasteiger partial charge in [-0.2, -0.15) is 0 Å². The Morgan fingerprint density at radius 1 is 1.14 bits per heavy atom. The van der Waals surface area contributed by atoms with Crippen molar-refractivity contribution < 1.29 is 4.79 Å². The highest BCUT2D eigenvalue weighted by Crippen LogP contribution is 2.34. The van der Waals surface area contributed by atoms with E-state index in [4.69, 9.17) is 0 Å². The highest BCUT2D eigenvalue weighted by molar-refractivity contribution is 6.05. The molecule has 4 heteroatoms. The molecule has 22 heavy (non-hydrogen) atoms. The molecule has 0 aromatic heterocycles. The zero-order valence-corrected chi connectivity index (χ0v) is 14.0. The van der Waals surface area contributed by atoms with Crippen molar-refractivity contribution in [1.29, 1.82) is 0 Å². The van der Waals surface area contributed by atoms with Crippen LogP contribution in [-0.2, 0) is 4.79 Å². The molecule has 1 aromatic rings. The Hall–Kier alpha value is -1.55. The number of rotatable bonds is 4. The Bertz CT molecular complexity index is 564. The standard InChI is InChI=1S/C18H27N3O/c1-4-15-18(22)21(10-9-20-7-5-6-8-20)17-12-14(3)13(2)11-16(17)19-15/h11-12,15,19H,4-10H2,1-3H3. The quantitative estimate of drug-likeness (QED) is 0.929. The Kier molecular flexibility index (Phi) is 4.39. The van der Waals surface area contributed by atoms with Crippen molar-refractivity contribution in [2.45, 2.75) is 46.1 Å². The number of likely N-dealkylation sites (tertiary alicyclic amines) is 1. The normalized spacial score (nSPS) is 21.9. The summed E-state index contributed by atoms with van der Waals surface area (Å²) in [5, 5.41) is 3.42. The van der Waals surface area contributed by atoms with Crippen LogP contribution in [0.15, 0.2) is 12.1 Å². The van der Waals surface area contributed by atoms with E-state index >= 15 is 0 Å². The minimum Gasteiger partial charge on any atom is -0.372 e. The molecule has 1 fully saturated rings. The fourth-order valence-electron chi connectivity index (χ4n) is 3.45. The van der Waals surface area contributed by atoms with E-state index < -0.39 is 0 Å². The minimum absolute atomic E-state index is 0.0896. The van der Waals surface area contributed by atoms with Gasteiger partial charge in [0.05, 0.1) is 11.4 Å². The summed E-state index contributed by atoms with van der Waals surface area (Å²) in [4.78, 5) is 17.2. The summed E-state index contributed by atoms with van der Waals surface area (Å²) >= 11 is 0. The Morgan fingerprint density at radius 3 is 2.50 bits per heavy atom. The number of fused-ring (bicyclic) bond motifs is 1. The van der Waals surface area contributed by atoms with Crippen molar-refractivity contribution >= 4 is 17.3 Å². The third-order valence-electron chi connectivity index (χ3n) is 5.04. The monoisotopic (exact) mass is 301 g/mol. The van der Waals surface area contributed by atoms with Gasteiger partial charge in [-0.1, -0.05) is 6.92 Å². The van der Waals surface area contributed by atoms with Gasteiger partial charge in [0, 0.05) is 13.1 Å². The lowest BCUT2D eigenvalue weighted by molar-refractivity contribution is -0.119. The van der Waals surface area contributed by atoms with Crippen molar-refractivity contribution in [2.75, 3.05) is 36.4 Å². The second-order valence-electron chi connectivity index (χ2n) is 6.60. The summed E-state index contributed by atoms with van der Waals surface area (Å²) in [5.74, 6) is 0.220. The van der Waals surface area contributed by atoms with Crippen molar-refractivity contribution in [1.82, 2.24) is 4.90 Å². The van der Waals surface area contributed by atoms with Crippen LogP contribution in [0.5, 0.6) is 0 Å². The summed E-state index contributed by atoms with van der Waals surface area (Å²) in [7, 11) is 0. The number of carbonyl (C=O) groups excluding carboxylic acids is 1. The molecule has 0 spiro atoms. The molecule has 2 aliphatic rings. The summed E-state index contributed by atoms with van der Waals surface area (Å²) < 4.78 is 0. The van der Waals surface area contributed by atoms with Crippen LogP contribution in [0.4, 0.5) is 11.4 Å². The van der Waals surface area contributed by atoms with Gasteiger partial charge in [-0.05, 0) is 69.5 Å². The maximum Gasteiger partial charge on any atom is 0.249 e. The maximum atomic E-state index is 12.8. The molecule has 4 nitrogen and oxygen atoms in total. The topological polar surface area (TPSA) is 35.6 Å². The van der Waals surface area contributed by atoms with Crippen LogP contribution in [0.25, 0.3) is 0 Å². The lowest BCUT2D eigenvalue weighted by Gasteiger charge is -2.36. The first kappa shape index (κ1) is 15.3. The number of aryl methyl sites for hydroxylation is 2. The molecular formula is C18H27N3O. The van der Waals surface area contributed by atoms with Gasteiger partial charge < -0.3 is 15.1 Å². The van der Waals surface area contributed by atoms with E-state index in [-0.39, 0.29) is 11.9 Å². The number of benzene rings is 1. The van der Waals surface area contributed by atoms with Gasteiger partial charge in [-0.3, -0.25) is 4.79 Å². The van der Waals surface area contributed by atoms with Crippen LogP contribution < -0.4 is 10.2 Å². The van der Waals surface area contributed by atoms with Gasteiger partial charge in [0.25, 0.3) is 0 Å². The van der Waals surface area contributed by atoms with Crippen LogP contribution >= 0.6 is 0 Å². The second kappa shape index (κ2) is 6.29. The first-order chi connectivity index (χ1) is 10.6. The molecular weight excluding hydrogens is 274 g/mol. The molecule has 120 valence electrons. The number of hydrogen-bond donors (Lipinski definition) is 1. The van der Waals surface area contributed by atoms with E-state index in [9.17, 15) is 4.79 Å². The maximum absolute atomic E-state index is 12.8. The molecule has 0 bridgehead atoms. The van der Waals surface area contributed by atoms with Gasteiger partial charge in [-0.25, -0.2) is 0 Å². The van der Waals surface area contributed by atoms with Crippen LogP contribution in [0.3, 0.4) is 0 Å². The number of anilines is 2. The van der Waals surface area contributed by atoms with Crippen LogP contribution in [0.2, 0.25) is 0 Å². The highest BCUT2D eigenvalue weighted by atomic mass is 16.2. The average molecular weight is 301 g/mol. The third kappa shape index (κ3) is 2.84. The third-order valence-corrected chi connectivity index (χ3v) is 5.04. The van der Waals surface area contributed by atoms with E-state index in [0.717, 1.165) is 30.9 Å². The first-order valence-corrected chi connectivity index (χ1v) is 8.51. The molecule has 1 N–H and O–H groups in total. The zero-order chi connectivity index (χ0) is 15.7. The van der Waals surface area contributed by atoms with E-state index in [1.165, 1.54) is 37.1 Å². The molecule has 1 unspecified atom stereocenters. The Labute approximate surface area is 133 Å². The molecule has 1 saturated heterocycles. The summed E-state index contributed by atoms with van der Waals surface area (Å²) in [6.45, 7) is 10.4. The second-order valence-corrected chi connectivity index (χ2v) is 6.60. The van der Waals surface area contributed by atoms with Crippen LogP contribution in [0.1, 0.15) is 37.3 Å². The number of hydrogen-bond acceptors (Lipinski definition) is 3. The molecule has 1 amide bonds. The lowest BCUT2D eigenvalue weighted by Crippen LogP contribution is -2.49. The number of carbonyl (C=O) groups is 1. The van der Waals surface area contributed by atoms with Crippen molar-refractivity contribution in [3.05, 3.63) is 23.3 Å². The van der Waals surface area contributed by atoms with Crippen molar-refractivity contribution in [3.8, 4) is 0 Å². The zero-order valence-electron chi connectivity index (χ0n) is 14.0. The lowest BCUT2D eigenvalue weighted by atomic mass is 10.0. The van der Waals surface area contributed by atoms with E-state index in [0.29, 0.717) is 0 Å². The largest absolute Gasteiger partial charge is 0.372 e. The summed E-state index contributed by atoms with van der Waals surface area (Å²) in [6, 6.07) is 4.25. The predicted octanol–water partition coefficient (Wildman–Crippen LogP) is 2.94. The van der Waals surface area contributed by atoms with Crippen molar-refractivity contribution in [2.24, 2.45) is 0 Å². The number of amides is 1. The van der Waals surface area contributed by atoms with E-state index in [1.54, 1.807) is 0 Å². The molecule has 1 atom stereocenters. The molecule has 3 rings (SSSR count). The van der Waals surface area contributed by atoms with Gasteiger partial charge in [0.15, 0.2) is 0 Å². The smallest absolute Gasteiger partial charge is 0.249 e. The fourth-order valence-corrected chi connectivity index (χ4v) is 3.45. The highest BCUT2D eigenvalue weighted by Gasteiger charge is 2.31. The SMILES string of the molecule is CCC1Nc2cc(C)c(C)cc2N(CCN2CCCC2)C1=O. The molecule has 2 heterocycles. The van der Waals surface area contributed by atoms with E-state index in [2.05, 4.69) is 43.1 Å². The number of nitrogens with zero attached hydrogens (tertiary/aromatic N) is 2. The molecule has 0 saturated carbocycles. The molecule has 2 aliphatic heterocycles. The average Bonchev–Trinajstić information content (AvgIpc) is 3.01. The van der Waals surface area contributed by atoms with Gasteiger partial charge in [0.2, 0.25) is 5.91 Å². The molecule has 0 aliphatic carbocycles. The molecule has 1 aromatic carbocycles.